The van der Waals surface area contributed by atoms with Gasteiger partial charge in [0.15, 0.2) is 0 Å². The Bertz CT molecular complexity index is 281. The summed E-state index contributed by atoms with van der Waals surface area (Å²) in [6, 6.07) is 0.518. The fourth-order valence-corrected chi connectivity index (χ4v) is 2.80. The van der Waals surface area contributed by atoms with E-state index in [1.165, 1.54) is 37.3 Å². The second kappa shape index (κ2) is 3.03. The van der Waals surface area contributed by atoms with Crippen LogP contribution in [-0.2, 0) is 0 Å². The number of hydrogen-bond acceptors (Lipinski definition) is 4. The second-order valence-electron chi connectivity index (χ2n) is 4.07. The first-order valence-corrected chi connectivity index (χ1v) is 5.79. The summed E-state index contributed by atoms with van der Waals surface area (Å²) in [6.07, 6.45) is 4.30. The van der Waals surface area contributed by atoms with Crippen LogP contribution in [0.4, 0.5) is 0 Å². The van der Waals surface area contributed by atoms with Gasteiger partial charge in [-0.3, -0.25) is 0 Å². The zero-order valence-corrected chi connectivity index (χ0v) is 8.26. The van der Waals surface area contributed by atoms with Gasteiger partial charge >= 0.3 is 0 Å². The van der Waals surface area contributed by atoms with E-state index in [9.17, 15) is 0 Å². The molecule has 1 N–H and O–H groups in total. The predicted molar refractivity (Wildman–Crippen MR) is 51.5 cm³/mol. The van der Waals surface area contributed by atoms with Gasteiger partial charge in [-0.15, -0.1) is 5.10 Å². The highest BCUT2D eigenvalue weighted by Crippen LogP contribution is 2.43. The SMILES string of the molecule is c1snnc1C1NCC1C1CCC1. The summed E-state index contributed by atoms with van der Waals surface area (Å²) >= 11 is 1.46. The summed E-state index contributed by atoms with van der Waals surface area (Å²) in [4.78, 5) is 0. The van der Waals surface area contributed by atoms with E-state index in [2.05, 4.69) is 20.3 Å². The molecule has 70 valence electrons. The first kappa shape index (κ1) is 7.88. The number of nitrogens with zero attached hydrogens (tertiary/aromatic N) is 2. The number of aromatic nitrogens is 2. The van der Waals surface area contributed by atoms with Crippen LogP contribution in [0.25, 0.3) is 0 Å². The third-order valence-corrected chi connectivity index (χ3v) is 3.98. The van der Waals surface area contributed by atoms with Crippen molar-refractivity contribution in [1.29, 1.82) is 0 Å². The van der Waals surface area contributed by atoms with Crippen molar-refractivity contribution >= 4 is 11.5 Å². The lowest BCUT2D eigenvalue weighted by Gasteiger charge is -2.45. The van der Waals surface area contributed by atoms with Crippen LogP contribution in [0.3, 0.4) is 0 Å². The molecule has 0 amide bonds. The molecule has 2 unspecified atom stereocenters. The molecule has 1 aliphatic heterocycles. The molecule has 2 heterocycles. The lowest BCUT2D eigenvalue weighted by molar-refractivity contribution is 0.0919. The minimum absolute atomic E-state index is 0.518. The second-order valence-corrected chi connectivity index (χ2v) is 4.68. The van der Waals surface area contributed by atoms with E-state index < -0.39 is 0 Å². The summed E-state index contributed by atoms with van der Waals surface area (Å²) in [5, 5.41) is 9.66. The third-order valence-electron chi connectivity index (χ3n) is 3.45. The van der Waals surface area contributed by atoms with E-state index in [0.29, 0.717) is 6.04 Å². The summed E-state index contributed by atoms with van der Waals surface area (Å²) in [7, 11) is 0. The maximum absolute atomic E-state index is 4.14. The highest BCUT2D eigenvalue weighted by atomic mass is 32.1. The largest absolute Gasteiger partial charge is 0.308 e. The molecule has 1 saturated carbocycles. The molecule has 4 heteroatoms. The average Bonchev–Trinajstić information content (AvgIpc) is 2.46. The molecule has 0 aromatic carbocycles. The Kier molecular flexibility index (Phi) is 1.84. The van der Waals surface area contributed by atoms with Crippen LogP contribution in [0.1, 0.15) is 31.0 Å². The summed E-state index contributed by atoms with van der Waals surface area (Å²) < 4.78 is 3.91. The molecule has 0 bridgehead atoms. The molecule has 1 saturated heterocycles. The Balaban J connectivity index is 1.72. The lowest BCUT2D eigenvalue weighted by atomic mass is 9.69. The first-order chi connectivity index (χ1) is 6.45. The standard InChI is InChI=1S/C9H13N3S/c1-2-6(3-1)7-4-10-9(7)8-5-13-12-11-8/h5-7,9-10H,1-4H2. The smallest absolute Gasteiger partial charge is 0.0928 e. The van der Waals surface area contributed by atoms with Gasteiger partial charge in [0.2, 0.25) is 0 Å². The highest BCUT2D eigenvalue weighted by molar-refractivity contribution is 7.03. The Morgan fingerprint density at radius 2 is 2.38 bits per heavy atom. The number of hydrogen-bond donors (Lipinski definition) is 1. The molecule has 3 rings (SSSR count). The molecule has 13 heavy (non-hydrogen) atoms. The van der Waals surface area contributed by atoms with Gasteiger partial charge in [-0.2, -0.15) is 0 Å². The maximum atomic E-state index is 4.14. The summed E-state index contributed by atoms with van der Waals surface area (Å²) in [5.74, 6) is 1.81. The van der Waals surface area contributed by atoms with Gasteiger partial charge in [0.05, 0.1) is 11.7 Å². The van der Waals surface area contributed by atoms with Crippen LogP contribution in [0, 0.1) is 11.8 Å². The zero-order chi connectivity index (χ0) is 8.67. The quantitative estimate of drug-likeness (QED) is 0.779. The Morgan fingerprint density at radius 3 is 2.85 bits per heavy atom. The average molecular weight is 195 g/mol. The highest BCUT2D eigenvalue weighted by Gasteiger charge is 2.40. The van der Waals surface area contributed by atoms with Crippen LogP contribution in [0.2, 0.25) is 0 Å². The normalized spacial score (nSPS) is 33.8. The molecule has 2 aliphatic rings. The molecule has 1 aromatic heterocycles. The van der Waals surface area contributed by atoms with Gasteiger partial charge in [-0.05, 0) is 23.4 Å². The molecule has 2 atom stereocenters. The molecule has 0 radical (unpaired) electrons. The van der Waals surface area contributed by atoms with Crippen molar-refractivity contribution in [2.45, 2.75) is 25.3 Å². The maximum Gasteiger partial charge on any atom is 0.0928 e. The van der Waals surface area contributed by atoms with Crippen molar-refractivity contribution in [2.24, 2.45) is 11.8 Å². The van der Waals surface area contributed by atoms with Crippen LogP contribution in [-0.4, -0.2) is 16.1 Å². The summed E-state index contributed by atoms with van der Waals surface area (Å²) in [6.45, 7) is 1.19. The summed E-state index contributed by atoms with van der Waals surface area (Å²) in [5.41, 5.74) is 1.16. The fourth-order valence-electron chi connectivity index (χ4n) is 2.31. The van der Waals surface area contributed by atoms with E-state index >= 15 is 0 Å². The van der Waals surface area contributed by atoms with Crippen LogP contribution in [0.5, 0.6) is 0 Å². The van der Waals surface area contributed by atoms with Crippen molar-refractivity contribution < 1.29 is 0 Å². The predicted octanol–water partition coefficient (Wildman–Crippen LogP) is 1.60. The van der Waals surface area contributed by atoms with Crippen LogP contribution in [0.15, 0.2) is 5.38 Å². The number of rotatable bonds is 2. The number of nitrogens with one attached hydrogen (secondary N) is 1. The molecule has 1 aromatic rings. The first-order valence-electron chi connectivity index (χ1n) is 4.95. The minimum atomic E-state index is 0.518. The van der Waals surface area contributed by atoms with Gasteiger partial charge in [-0.25, -0.2) is 0 Å². The fraction of sp³-hybridized carbons (Fsp3) is 0.778. The van der Waals surface area contributed by atoms with Gasteiger partial charge in [0.25, 0.3) is 0 Å². The van der Waals surface area contributed by atoms with Crippen molar-refractivity contribution in [2.75, 3.05) is 6.54 Å². The Labute approximate surface area is 81.7 Å². The topological polar surface area (TPSA) is 37.8 Å². The van der Waals surface area contributed by atoms with Crippen LogP contribution >= 0.6 is 11.5 Å². The molecular weight excluding hydrogens is 182 g/mol. The van der Waals surface area contributed by atoms with Crippen molar-refractivity contribution in [3.63, 3.8) is 0 Å². The molecule has 1 aliphatic carbocycles. The van der Waals surface area contributed by atoms with E-state index in [4.69, 9.17) is 0 Å². The zero-order valence-electron chi connectivity index (χ0n) is 7.44. The van der Waals surface area contributed by atoms with Crippen LogP contribution < -0.4 is 5.32 Å². The van der Waals surface area contributed by atoms with Gasteiger partial charge in [-0.1, -0.05) is 23.8 Å². The molecule has 2 fully saturated rings. The van der Waals surface area contributed by atoms with E-state index in [1.54, 1.807) is 0 Å². The lowest BCUT2D eigenvalue weighted by Crippen LogP contribution is -2.50. The van der Waals surface area contributed by atoms with E-state index in [1.807, 2.05) is 0 Å². The minimum Gasteiger partial charge on any atom is -0.308 e. The van der Waals surface area contributed by atoms with Crippen molar-refractivity contribution in [3.05, 3.63) is 11.1 Å². The van der Waals surface area contributed by atoms with Crippen molar-refractivity contribution in [3.8, 4) is 0 Å². The van der Waals surface area contributed by atoms with E-state index in [0.717, 1.165) is 17.5 Å². The molecule has 0 spiro atoms. The van der Waals surface area contributed by atoms with Gasteiger partial charge in [0.1, 0.15) is 0 Å². The Hall–Kier alpha value is -0.480. The van der Waals surface area contributed by atoms with Gasteiger partial charge < -0.3 is 5.32 Å². The van der Waals surface area contributed by atoms with Gasteiger partial charge in [0, 0.05) is 11.9 Å². The molecular formula is C9H13N3S. The third kappa shape index (κ3) is 1.20. The molecule has 3 nitrogen and oxygen atoms in total. The van der Waals surface area contributed by atoms with Crippen molar-refractivity contribution in [1.82, 2.24) is 14.9 Å². The monoisotopic (exact) mass is 195 g/mol. The Morgan fingerprint density at radius 1 is 1.46 bits per heavy atom. The van der Waals surface area contributed by atoms with E-state index in [-0.39, 0.29) is 0 Å².